The topological polar surface area (TPSA) is 146 Å². The van der Waals surface area contributed by atoms with Gasteiger partial charge in [-0.2, -0.15) is 15.0 Å². The van der Waals surface area contributed by atoms with Gasteiger partial charge in [-0.15, -0.1) is 0 Å². The number of nitrogens with one attached hydrogen (secondary N) is 4. The molecule has 13 nitrogen and oxygen atoms in total. The first kappa shape index (κ1) is 26.1. The monoisotopic (exact) mass is 533 g/mol. The number of benzene rings is 2. The predicted octanol–water partition coefficient (Wildman–Crippen LogP) is 1.82. The van der Waals surface area contributed by atoms with Crippen molar-refractivity contribution in [1.29, 1.82) is 0 Å². The number of rotatable bonds is 11. The molecule has 2 saturated heterocycles. The van der Waals surface area contributed by atoms with Crippen molar-refractivity contribution in [2.75, 3.05) is 56.0 Å². The third kappa shape index (κ3) is 7.30. The van der Waals surface area contributed by atoms with Gasteiger partial charge in [-0.25, -0.2) is 9.80 Å². The van der Waals surface area contributed by atoms with Crippen LogP contribution < -0.4 is 26.1 Å². The SMILES string of the molecule is COc1ccc(CNc2nc(NCc3ccc(CN4CCOCC4)cc3)nc(NN3CC(=O)NC3=O)n2)cc1. The molecule has 13 heteroatoms. The standard InChI is InChI=1S/C26H31N9O4/c1-38-21-8-6-19(7-9-21)15-28-24-30-23(31-25(32-24)33-35-17-22(36)29-26(35)37)27-14-18-2-4-20(5-3-18)16-34-10-12-39-13-11-34/h2-9H,10-17H2,1H3,(H,29,36,37)(H3,27,28,30,31,32,33). The molecule has 3 heterocycles. The molecule has 3 amide bonds. The van der Waals surface area contributed by atoms with Crippen molar-refractivity contribution >= 4 is 29.8 Å². The van der Waals surface area contributed by atoms with E-state index in [1.54, 1.807) is 7.11 Å². The van der Waals surface area contributed by atoms with Gasteiger partial charge < -0.3 is 20.1 Å². The third-order valence-electron chi connectivity index (χ3n) is 6.26. The van der Waals surface area contributed by atoms with Crippen LogP contribution in [0, 0.1) is 0 Å². The van der Waals surface area contributed by atoms with Crippen molar-refractivity contribution in [1.82, 2.24) is 30.2 Å². The van der Waals surface area contributed by atoms with E-state index >= 15 is 0 Å². The van der Waals surface area contributed by atoms with E-state index < -0.39 is 11.9 Å². The zero-order chi connectivity index (χ0) is 27.0. The van der Waals surface area contributed by atoms with Crippen LogP contribution in [0.4, 0.5) is 22.6 Å². The molecular formula is C26H31N9O4. The Morgan fingerprint density at radius 2 is 1.41 bits per heavy atom. The van der Waals surface area contributed by atoms with Crippen LogP contribution in [-0.2, 0) is 29.2 Å². The van der Waals surface area contributed by atoms with Gasteiger partial charge in [0.25, 0.3) is 0 Å². The molecule has 4 N–H and O–H groups in total. The Balaban J connectivity index is 1.25. The largest absolute Gasteiger partial charge is 0.497 e. The van der Waals surface area contributed by atoms with Gasteiger partial charge >= 0.3 is 6.03 Å². The molecule has 5 rings (SSSR count). The van der Waals surface area contributed by atoms with Crippen molar-refractivity contribution < 1.29 is 19.1 Å². The summed E-state index contributed by atoms with van der Waals surface area (Å²) in [5.41, 5.74) is 6.10. The number of hydrogen-bond acceptors (Lipinski definition) is 11. The Labute approximate surface area is 225 Å². The molecule has 0 bridgehead atoms. The summed E-state index contributed by atoms with van der Waals surface area (Å²) < 4.78 is 10.6. The lowest BCUT2D eigenvalue weighted by Gasteiger charge is -2.26. The molecule has 2 aromatic carbocycles. The fraction of sp³-hybridized carbons (Fsp3) is 0.346. The number of urea groups is 1. The average molecular weight is 534 g/mol. The highest BCUT2D eigenvalue weighted by molar-refractivity contribution is 6.02. The van der Waals surface area contributed by atoms with Crippen LogP contribution in [0.5, 0.6) is 5.75 Å². The molecular weight excluding hydrogens is 502 g/mol. The Kier molecular flexibility index (Phi) is 8.29. The highest BCUT2D eigenvalue weighted by Crippen LogP contribution is 2.16. The maximum absolute atomic E-state index is 12.0. The second-order valence-electron chi connectivity index (χ2n) is 9.12. The summed E-state index contributed by atoms with van der Waals surface area (Å²) in [4.78, 5) is 39.2. The van der Waals surface area contributed by atoms with Crippen LogP contribution in [0.3, 0.4) is 0 Å². The lowest BCUT2D eigenvalue weighted by Crippen LogP contribution is -2.35. The number of anilines is 3. The maximum Gasteiger partial charge on any atom is 0.343 e. The minimum absolute atomic E-state index is 0.121. The van der Waals surface area contributed by atoms with Gasteiger partial charge in [0.15, 0.2) is 0 Å². The van der Waals surface area contributed by atoms with Crippen LogP contribution >= 0.6 is 0 Å². The minimum Gasteiger partial charge on any atom is -0.497 e. The normalized spacial score (nSPS) is 15.7. The Morgan fingerprint density at radius 3 is 1.97 bits per heavy atom. The molecule has 0 radical (unpaired) electrons. The molecule has 0 aliphatic carbocycles. The predicted molar refractivity (Wildman–Crippen MR) is 144 cm³/mol. The highest BCUT2D eigenvalue weighted by Gasteiger charge is 2.27. The molecule has 0 unspecified atom stereocenters. The molecule has 1 aromatic heterocycles. The van der Waals surface area contributed by atoms with Gasteiger partial charge in [-0.05, 0) is 28.8 Å². The van der Waals surface area contributed by atoms with Gasteiger partial charge in [0.1, 0.15) is 12.3 Å². The van der Waals surface area contributed by atoms with Crippen LogP contribution in [0.25, 0.3) is 0 Å². The quantitative estimate of drug-likeness (QED) is 0.268. The van der Waals surface area contributed by atoms with E-state index in [4.69, 9.17) is 9.47 Å². The number of hydrazine groups is 1. The lowest BCUT2D eigenvalue weighted by molar-refractivity contribution is -0.118. The lowest BCUT2D eigenvalue weighted by atomic mass is 10.1. The van der Waals surface area contributed by atoms with E-state index in [0.29, 0.717) is 25.0 Å². The molecule has 0 saturated carbocycles. The van der Waals surface area contributed by atoms with Crippen LogP contribution in [0.1, 0.15) is 16.7 Å². The molecule has 0 spiro atoms. The zero-order valence-corrected chi connectivity index (χ0v) is 21.6. The van der Waals surface area contributed by atoms with Gasteiger partial charge in [0, 0.05) is 32.7 Å². The summed E-state index contributed by atoms with van der Waals surface area (Å²) in [6.45, 7) is 5.15. The first-order chi connectivity index (χ1) is 19.0. The Bertz CT molecular complexity index is 1280. The van der Waals surface area contributed by atoms with Gasteiger partial charge in [-0.1, -0.05) is 36.4 Å². The first-order valence-electron chi connectivity index (χ1n) is 12.7. The molecule has 2 aliphatic rings. The van der Waals surface area contributed by atoms with Gasteiger partial charge in [0.2, 0.25) is 23.8 Å². The van der Waals surface area contributed by atoms with Crippen molar-refractivity contribution in [3.63, 3.8) is 0 Å². The number of ether oxygens (including phenoxy) is 2. The molecule has 2 aliphatic heterocycles. The number of carbonyl (C=O) groups excluding carboxylic acids is 2. The van der Waals surface area contributed by atoms with E-state index in [1.807, 2.05) is 24.3 Å². The fourth-order valence-electron chi connectivity index (χ4n) is 4.12. The van der Waals surface area contributed by atoms with E-state index in [-0.39, 0.29) is 12.5 Å². The number of methoxy groups -OCH3 is 1. The number of aromatic nitrogens is 3. The zero-order valence-electron chi connectivity index (χ0n) is 21.6. The first-order valence-corrected chi connectivity index (χ1v) is 12.7. The molecule has 204 valence electrons. The Hall–Kier alpha value is -4.49. The molecule has 2 fully saturated rings. The van der Waals surface area contributed by atoms with Crippen molar-refractivity contribution in [3.8, 4) is 5.75 Å². The smallest absolute Gasteiger partial charge is 0.343 e. The van der Waals surface area contributed by atoms with Crippen molar-refractivity contribution in [2.24, 2.45) is 0 Å². The summed E-state index contributed by atoms with van der Waals surface area (Å²) in [7, 11) is 1.62. The second-order valence-corrected chi connectivity index (χ2v) is 9.12. The summed E-state index contributed by atoms with van der Waals surface area (Å²) in [6, 6.07) is 15.5. The number of carbonyl (C=O) groups is 2. The van der Waals surface area contributed by atoms with Gasteiger partial charge in [-0.3, -0.25) is 20.4 Å². The van der Waals surface area contributed by atoms with Crippen LogP contribution in [-0.4, -0.2) is 76.8 Å². The molecule has 39 heavy (non-hydrogen) atoms. The molecule has 3 aromatic rings. The number of nitrogens with zero attached hydrogens (tertiary/aromatic N) is 5. The second kappa shape index (κ2) is 12.4. The number of imide groups is 1. The van der Waals surface area contributed by atoms with Crippen LogP contribution in [0.2, 0.25) is 0 Å². The third-order valence-corrected chi connectivity index (χ3v) is 6.26. The number of morpholine rings is 1. The summed E-state index contributed by atoms with van der Waals surface area (Å²) in [5.74, 6) is 1.10. The summed E-state index contributed by atoms with van der Waals surface area (Å²) in [6.07, 6.45) is 0. The van der Waals surface area contributed by atoms with E-state index in [9.17, 15) is 9.59 Å². The minimum atomic E-state index is -0.570. The number of amides is 3. The summed E-state index contributed by atoms with van der Waals surface area (Å²) in [5, 5.41) is 9.74. The van der Waals surface area contributed by atoms with E-state index in [1.165, 1.54) is 5.56 Å². The van der Waals surface area contributed by atoms with E-state index in [0.717, 1.165) is 54.7 Å². The average Bonchev–Trinajstić information content (AvgIpc) is 3.28. The van der Waals surface area contributed by atoms with Crippen molar-refractivity contribution in [2.45, 2.75) is 19.6 Å². The van der Waals surface area contributed by atoms with E-state index in [2.05, 4.69) is 65.5 Å². The molecule has 0 atom stereocenters. The summed E-state index contributed by atoms with van der Waals surface area (Å²) >= 11 is 0. The van der Waals surface area contributed by atoms with Crippen molar-refractivity contribution in [3.05, 3.63) is 65.2 Å². The van der Waals surface area contributed by atoms with Gasteiger partial charge in [0.05, 0.1) is 20.3 Å². The Morgan fingerprint density at radius 1 is 0.846 bits per heavy atom. The maximum atomic E-state index is 12.0. The fourth-order valence-corrected chi connectivity index (χ4v) is 4.12. The number of hydrogen-bond donors (Lipinski definition) is 4. The van der Waals surface area contributed by atoms with Crippen LogP contribution in [0.15, 0.2) is 48.5 Å². The highest BCUT2D eigenvalue weighted by atomic mass is 16.5.